The molecule has 2 rings (SSSR count). The molecule has 2 heterocycles. The Balaban J connectivity index is 1.75. The zero-order chi connectivity index (χ0) is 11.6. The van der Waals surface area contributed by atoms with Crippen LogP contribution in [0.4, 0.5) is 4.39 Å². The number of carbonyl (C=O) groups excluding carboxylic acids is 1. The van der Waals surface area contributed by atoms with E-state index in [-0.39, 0.29) is 5.91 Å². The van der Waals surface area contributed by atoms with Crippen molar-refractivity contribution in [2.75, 3.05) is 32.7 Å². The van der Waals surface area contributed by atoms with Crippen LogP contribution in [-0.4, -0.2) is 54.1 Å². The summed E-state index contributed by atoms with van der Waals surface area (Å²) in [6.45, 7) is 5.66. The van der Waals surface area contributed by atoms with Crippen LogP contribution < -0.4 is 0 Å². The molecule has 2 fully saturated rings. The second-order valence-corrected chi connectivity index (χ2v) is 5.28. The van der Waals surface area contributed by atoms with Crippen LogP contribution in [0.5, 0.6) is 0 Å². The minimum absolute atomic E-state index is 0.264. The number of hydrogen-bond donors (Lipinski definition) is 0. The highest BCUT2D eigenvalue weighted by molar-refractivity contribution is 5.78. The molecule has 1 unspecified atom stereocenters. The van der Waals surface area contributed by atoms with Gasteiger partial charge in [-0.1, -0.05) is 0 Å². The van der Waals surface area contributed by atoms with Crippen LogP contribution in [0.25, 0.3) is 0 Å². The van der Waals surface area contributed by atoms with Crippen molar-refractivity contribution in [3.8, 4) is 0 Å². The normalized spacial score (nSPS) is 32.4. The van der Waals surface area contributed by atoms with Gasteiger partial charge < -0.3 is 4.90 Å². The van der Waals surface area contributed by atoms with Gasteiger partial charge in [0, 0.05) is 32.6 Å². The third-order valence-electron chi connectivity index (χ3n) is 3.58. The van der Waals surface area contributed by atoms with Crippen molar-refractivity contribution in [1.29, 1.82) is 0 Å². The third kappa shape index (κ3) is 2.94. The smallest absolute Gasteiger partial charge is 0.222 e. The summed E-state index contributed by atoms with van der Waals surface area (Å²) in [6.07, 6.45) is 3.29. The van der Waals surface area contributed by atoms with Gasteiger partial charge in [0.1, 0.15) is 5.67 Å². The molecule has 0 aromatic carbocycles. The van der Waals surface area contributed by atoms with E-state index in [0.717, 1.165) is 39.0 Å². The minimum Gasteiger partial charge on any atom is -0.341 e. The van der Waals surface area contributed by atoms with E-state index >= 15 is 0 Å². The first kappa shape index (κ1) is 11.8. The maximum atomic E-state index is 13.8. The lowest BCUT2D eigenvalue weighted by molar-refractivity contribution is -0.127. The summed E-state index contributed by atoms with van der Waals surface area (Å²) in [5.41, 5.74) is -1.03. The monoisotopic (exact) mass is 228 g/mol. The van der Waals surface area contributed by atoms with Gasteiger partial charge in [-0.3, -0.25) is 9.69 Å². The van der Waals surface area contributed by atoms with Crippen molar-refractivity contribution >= 4 is 5.91 Å². The highest BCUT2D eigenvalue weighted by Gasteiger charge is 2.30. The van der Waals surface area contributed by atoms with E-state index in [1.54, 1.807) is 6.92 Å². The molecule has 0 aliphatic carbocycles. The summed E-state index contributed by atoms with van der Waals surface area (Å²) in [7, 11) is 0. The van der Waals surface area contributed by atoms with Crippen LogP contribution in [0.3, 0.4) is 0 Å². The Kier molecular flexibility index (Phi) is 3.47. The standard InChI is InChI=1S/C12H21FN2O/c1-12(13)5-3-6-14(10-12)8-9-15-7-2-4-11(15)16/h2-10H2,1H3. The van der Waals surface area contributed by atoms with Gasteiger partial charge in [-0.05, 0) is 32.7 Å². The van der Waals surface area contributed by atoms with Crippen molar-refractivity contribution in [3.63, 3.8) is 0 Å². The fourth-order valence-corrected chi connectivity index (χ4v) is 2.69. The Morgan fingerprint density at radius 2 is 2.12 bits per heavy atom. The largest absolute Gasteiger partial charge is 0.341 e. The SMILES string of the molecule is CC1(F)CCCN(CCN2CCCC2=O)C1. The molecule has 3 nitrogen and oxygen atoms in total. The number of amides is 1. The molecule has 2 aliphatic heterocycles. The Morgan fingerprint density at radius 3 is 2.75 bits per heavy atom. The summed E-state index contributed by atoms with van der Waals surface area (Å²) in [5.74, 6) is 0.264. The van der Waals surface area contributed by atoms with Gasteiger partial charge in [-0.15, -0.1) is 0 Å². The number of piperidine rings is 1. The lowest BCUT2D eigenvalue weighted by Crippen LogP contribution is -2.46. The molecule has 2 saturated heterocycles. The maximum Gasteiger partial charge on any atom is 0.222 e. The average Bonchev–Trinajstić information content (AvgIpc) is 2.60. The number of carbonyl (C=O) groups is 1. The molecule has 1 atom stereocenters. The summed E-state index contributed by atoms with van der Waals surface area (Å²) >= 11 is 0. The van der Waals surface area contributed by atoms with Crippen molar-refractivity contribution < 1.29 is 9.18 Å². The minimum atomic E-state index is -1.03. The molecule has 0 N–H and O–H groups in total. The van der Waals surface area contributed by atoms with E-state index in [0.29, 0.717) is 19.4 Å². The van der Waals surface area contributed by atoms with Gasteiger partial charge in [0.15, 0.2) is 0 Å². The van der Waals surface area contributed by atoms with E-state index in [1.165, 1.54) is 0 Å². The predicted octanol–water partition coefficient (Wildman–Crippen LogP) is 1.43. The fourth-order valence-electron chi connectivity index (χ4n) is 2.69. The topological polar surface area (TPSA) is 23.6 Å². The van der Waals surface area contributed by atoms with Gasteiger partial charge in [-0.2, -0.15) is 0 Å². The third-order valence-corrected chi connectivity index (χ3v) is 3.58. The van der Waals surface area contributed by atoms with E-state index in [9.17, 15) is 9.18 Å². The molecule has 4 heteroatoms. The van der Waals surface area contributed by atoms with Crippen molar-refractivity contribution in [2.45, 2.75) is 38.3 Å². The molecule has 2 aliphatic rings. The summed E-state index contributed by atoms with van der Waals surface area (Å²) in [4.78, 5) is 15.5. The van der Waals surface area contributed by atoms with Crippen LogP contribution in [-0.2, 0) is 4.79 Å². The van der Waals surface area contributed by atoms with Crippen molar-refractivity contribution in [1.82, 2.24) is 9.80 Å². The zero-order valence-corrected chi connectivity index (χ0v) is 10.0. The lowest BCUT2D eigenvalue weighted by Gasteiger charge is -2.35. The van der Waals surface area contributed by atoms with Crippen molar-refractivity contribution in [3.05, 3.63) is 0 Å². The second-order valence-electron chi connectivity index (χ2n) is 5.28. The van der Waals surface area contributed by atoms with Crippen LogP contribution in [0.2, 0.25) is 0 Å². The average molecular weight is 228 g/mol. The van der Waals surface area contributed by atoms with Crippen LogP contribution in [0.15, 0.2) is 0 Å². The lowest BCUT2D eigenvalue weighted by atomic mass is 9.97. The Morgan fingerprint density at radius 1 is 1.31 bits per heavy atom. The van der Waals surface area contributed by atoms with E-state index in [4.69, 9.17) is 0 Å². The first-order valence-corrected chi connectivity index (χ1v) is 6.26. The molecule has 0 aromatic rings. The van der Waals surface area contributed by atoms with Crippen molar-refractivity contribution in [2.24, 2.45) is 0 Å². The number of likely N-dealkylation sites (tertiary alicyclic amines) is 2. The number of hydrogen-bond acceptors (Lipinski definition) is 2. The summed E-state index contributed by atoms with van der Waals surface area (Å²) < 4.78 is 13.8. The van der Waals surface area contributed by atoms with E-state index in [2.05, 4.69) is 4.90 Å². The molecule has 16 heavy (non-hydrogen) atoms. The summed E-state index contributed by atoms with van der Waals surface area (Å²) in [6, 6.07) is 0. The number of rotatable bonds is 3. The highest BCUT2D eigenvalue weighted by Crippen LogP contribution is 2.24. The Labute approximate surface area is 96.6 Å². The van der Waals surface area contributed by atoms with Gasteiger partial charge in [0.05, 0.1) is 0 Å². The van der Waals surface area contributed by atoms with E-state index < -0.39 is 5.67 Å². The number of halogens is 1. The van der Waals surface area contributed by atoms with Gasteiger partial charge in [0.2, 0.25) is 5.91 Å². The molecular weight excluding hydrogens is 207 g/mol. The first-order valence-electron chi connectivity index (χ1n) is 6.26. The quantitative estimate of drug-likeness (QED) is 0.729. The highest BCUT2D eigenvalue weighted by atomic mass is 19.1. The van der Waals surface area contributed by atoms with E-state index in [1.807, 2.05) is 4.90 Å². The van der Waals surface area contributed by atoms with Crippen LogP contribution in [0, 0.1) is 0 Å². The summed E-state index contributed by atoms with van der Waals surface area (Å²) in [5, 5.41) is 0. The molecule has 0 radical (unpaired) electrons. The number of alkyl halides is 1. The van der Waals surface area contributed by atoms with Gasteiger partial charge in [-0.25, -0.2) is 4.39 Å². The predicted molar refractivity (Wildman–Crippen MR) is 61.0 cm³/mol. The van der Waals surface area contributed by atoms with Gasteiger partial charge in [0.25, 0.3) is 0 Å². The molecule has 0 saturated carbocycles. The van der Waals surface area contributed by atoms with Crippen LogP contribution in [0.1, 0.15) is 32.6 Å². The zero-order valence-electron chi connectivity index (χ0n) is 10.0. The maximum absolute atomic E-state index is 13.8. The Hall–Kier alpha value is -0.640. The second kappa shape index (κ2) is 4.70. The molecular formula is C12H21FN2O. The Bertz CT molecular complexity index is 268. The fraction of sp³-hybridized carbons (Fsp3) is 0.917. The molecule has 0 bridgehead atoms. The first-order chi connectivity index (χ1) is 7.57. The van der Waals surface area contributed by atoms with Gasteiger partial charge >= 0.3 is 0 Å². The number of nitrogens with zero attached hydrogens (tertiary/aromatic N) is 2. The molecule has 0 spiro atoms. The molecule has 1 amide bonds. The molecule has 0 aromatic heterocycles. The molecule has 92 valence electrons. The van der Waals surface area contributed by atoms with Crippen LogP contribution >= 0.6 is 0 Å².